The van der Waals surface area contributed by atoms with E-state index in [9.17, 15) is 24.8 Å². The van der Waals surface area contributed by atoms with Crippen molar-refractivity contribution in [3.8, 4) is 5.75 Å². The van der Waals surface area contributed by atoms with Crippen molar-refractivity contribution in [2.45, 2.75) is 44.6 Å². The van der Waals surface area contributed by atoms with E-state index < -0.39 is 16.3 Å². The van der Waals surface area contributed by atoms with Gasteiger partial charge in [-0.25, -0.2) is 4.79 Å². The molecule has 218 valence electrons. The maximum absolute atomic E-state index is 13.6. The average molecular weight is 596 g/mol. The number of benzene rings is 3. The third-order valence-corrected chi connectivity index (χ3v) is 10.1. The molecule has 1 N–H and O–H groups in total. The number of aromatic nitrogens is 1. The molecule has 0 saturated heterocycles. The fraction of sp³-hybridized carbons (Fsp3) is 0.273. The van der Waals surface area contributed by atoms with Gasteiger partial charge >= 0.3 is 5.97 Å². The van der Waals surface area contributed by atoms with Gasteiger partial charge in [-0.2, -0.15) is 0 Å². The molecule has 0 fully saturated rings. The number of rotatable bonds is 6. The first kappa shape index (κ1) is 27.2. The summed E-state index contributed by atoms with van der Waals surface area (Å²) in [4.78, 5) is 40.6. The second-order valence-corrected chi connectivity index (χ2v) is 12.2. The van der Waals surface area contributed by atoms with Crippen molar-refractivity contribution in [1.29, 1.82) is 0 Å². The molecule has 5 aromatic rings. The van der Waals surface area contributed by atoms with Gasteiger partial charge in [0.1, 0.15) is 21.8 Å². The lowest BCUT2D eigenvalue weighted by atomic mass is 9.80. The number of nitro benzene ring substituents is 1. The summed E-state index contributed by atoms with van der Waals surface area (Å²) in [5.74, 6) is -0.583. The number of carboxylic acids is 1. The highest BCUT2D eigenvalue weighted by Gasteiger charge is 2.35. The van der Waals surface area contributed by atoms with Gasteiger partial charge in [-0.15, -0.1) is 11.3 Å². The summed E-state index contributed by atoms with van der Waals surface area (Å²) in [6.07, 6.45) is 5.75. The molecule has 2 aromatic heterocycles. The minimum absolute atomic E-state index is 0.0233. The molecule has 1 atom stereocenters. The van der Waals surface area contributed by atoms with Crippen molar-refractivity contribution in [2.24, 2.45) is 0 Å². The van der Waals surface area contributed by atoms with E-state index in [1.807, 2.05) is 48.5 Å². The van der Waals surface area contributed by atoms with Crippen molar-refractivity contribution in [2.75, 3.05) is 18.6 Å². The van der Waals surface area contributed by atoms with E-state index in [4.69, 9.17) is 4.74 Å². The number of nitrogens with zero attached hydrogens (tertiary/aromatic N) is 3. The number of carboxylic acid groups (broad SMARTS) is 1. The summed E-state index contributed by atoms with van der Waals surface area (Å²) < 4.78 is 7.95. The van der Waals surface area contributed by atoms with Gasteiger partial charge in [-0.1, -0.05) is 29.8 Å². The lowest BCUT2D eigenvalue weighted by Crippen LogP contribution is -2.44. The Kier molecular flexibility index (Phi) is 6.65. The van der Waals surface area contributed by atoms with Crippen LogP contribution in [0.4, 0.5) is 11.4 Å². The standard InChI is InChI=1S/C33H29N3O6S/c1-42-21-12-10-19(11-13-21)16-25-22-7-3-2-6-20(22)14-15-34(25)27-18-26-23(17-28(27)36(40)41)31(37)30(33(38)39)32-35(26)24-8-4-5-9-29(24)43-32/h4-5,8-13,17-18,25H,2-3,6-7,14-16H2,1H3,(H,38,39). The maximum Gasteiger partial charge on any atom is 0.342 e. The normalized spacial score (nSPS) is 17.0. The molecule has 3 aromatic carbocycles. The number of nitro groups is 1. The number of thiazole rings is 1. The van der Waals surface area contributed by atoms with Crippen molar-refractivity contribution in [1.82, 2.24) is 4.40 Å². The van der Waals surface area contributed by atoms with E-state index in [1.54, 1.807) is 17.6 Å². The summed E-state index contributed by atoms with van der Waals surface area (Å²) in [6.45, 7) is 0.613. The molecule has 2 aliphatic rings. The molecule has 0 amide bonds. The summed E-state index contributed by atoms with van der Waals surface area (Å²) in [7, 11) is 1.63. The second kappa shape index (κ2) is 10.5. The largest absolute Gasteiger partial charge is 0.497 e. The van der Waals surface area contributed by atoms with Gasteiger partial charge in [0.2, 0.25) is 5.43 Å². The number of hydrogen-bond acceptors (Lipinski definition) is 7. The fourth-order valence-corrected chi connectivity index (χ4v) is 8.09. The Morgan fingerprint density at radius 1 is 1.07 bits per heavy atom. The van der Waals surface area contributed by atoms with Crippen LogP contribution < -0.4 is 15.1 Å². The molecular weight excluding hydrogens is 566 g/mol. The van der Waals surface area contributed by atoms with Crippen LogP contribution in [0, 0.1) is 10.1 Å². The highest BCUT2D eigenvalue weighted by atomic mass is 32.1. The highest BCUT2D eigenvalue weighted by Crippen LogP contribution is 2.43. The summed E-state index contributed by atoms with van der Waals surface area (Å²) in [5, 5.41) is 22.7. The van der Waals surface area contributed by atoms with E-state index in [-0.39, 0.29) is 22.7 Å². The first-order valence-electron chi connectivity index (χ1n) is 14.4. The van der Waals surface area contributed by atoms with Crippen LogP contribution in [0.1, 0.15) is 48.0 Å². The highest BCUT2D eigenvalue weighted by molar-refractivity contribution is 7.24. The SMILES string of the molecule is COc1ccc(CC2C3=C(CCCC3)CCN2c2cc3c(cc2[N+](=O)[O-])c(=O)c(C(=O)O)c2sc4ccccc4n23)cc1. The maximum atomic E-state index is 13.6. The van der Waals surface area contributed by atoms with Gasteiger partial charge in [0.25, 0.3) is 5.69 Å². The Bertz CT molecular complexity index is 2040. The van der Waals surface area contributed by atoms with Crippen molar-refractivity contribution in [3.05, 3.63) is 103 Å². The van der Waals surface area contributed by atoms with E-state index in [0.717, 1.165) is 53.6 Å². The zero-order chi connectivity index (χ0) is 29.8. The Balaban J connectivity index is 1.49. The number of fused-ring (bicyclic) bond motifs is 5. The minimum Gasteiger partial charge on any atom is -0.497 e. The van der Waals surface area contributed by atoms with Crippen LogP contribution in [-0.2, 0) is 6.42 Å². The van der Waals surface area contributed by atoms with E-state index in [1.165, 1.54) is 28.5 Å². The molecule has 1 aliphatic heterocycles. The van der Waals surface area contributed by atoms with Crippen LogP contribution in [-0.4, -0.2) is 40.1 Å². The van der Waals surface area contributed by atoms with Gasteiger partial charge in [0.05, 0.1) is 39.2 Å². The smallest absolute Gasteiger partial charge is 0.342 e. The number of aromatic carboxylic acids is 1. The number of anilines is 1. The molecule has 1 unspecified atom stereocenters. The number of methoxy groups -OCH3 is 1. The van der Waals surface area contributed by atoms with Crippen LogP contribution >= 0.6 is 11.3 Å². The number of carbonyl (C=O) groups is 1. The Labute approximate surface area is 250 Å². The Morgan fingerprint density at radius 3 is 2.58 bits per heavy atom. The lowest BCUT2D eigenvalue weighted by molar-refractivity contribution is -0.384. The zero-order valence-electron chi connectivity index (χ0n) is 23.5. The van der Waals surface area contributed by atoms with Crippen molar-refractivity contribution >= 4 is 54.6 Å². The third-order valence-electron chi connectivity index (χ3n) is 8.91. The molecule has 0 radical (unpaired) electrons. The van der Waals surface area contributed by atoms with E-state index in [0.29, 0.717) is 29.0 Å². The zero-order valence-corrected chi connectivity index (χ0v) is 24.4. The third kappa shape index (κ3) is 4.44. The molecule has 0 saturated carbocycles. The Hall–Kier alpha value is -4.70. The van der Waals surface area contributed by atoms with Crippen LogP contribution in [0.2, 0.25) is 0 Å². The van der Waals surface area contributed by atoms with Crippen molar-refractivity contribution < 1.29 is 19.6 Å². The quantitative estimate of drug-likeness (QED) is 0.128. The Morgan fingerprint density at radius 2 is 1.84 bits per heavy atom. The summed E-state index contributed by atoms with van der Waals surface area (Å²) in [6, 6.07) is 18.4. The number of para-hydroxylation sites is 1. The molecule has 0 spiro atoms. The monoisotopic (exact) mass is 595 g/mol. The van der Waals surface area contributed by atoms with Gasteiger partial charge in [0, 0.05) is 12.6 Å². The van der Waals surface area contributed by atoms with E-state index >= 15 is 0 Å². The molecule has 43 heavy (non-hydrogen) atoms. The van der Waals surface area contributed by atoms with Crippen LogP contribution in [0.15, 0.2) is 76.6 Å². The first-order chi connectivity index (χ1) is 20.9. The summed E-state index contributed by atoms with van der Waals surface area (Å²) in [5.41, 5.74) is 4.30. The van der Waals surface area contributed by atoms with Gasteiger partial charge < -0.3 is 14.7 Å². The van der Waals surface area contributed by atoms with Crippen LogP contribution in [0.5, 0.6) is 5.75 Å². The minimum atomic E-state index is -1.35. The lowest BCUT2D eigenvalue weighted by Gasteiger charge is -2.42. The van der Waals surface area contributed by atoms with Crippen molar-refractivity contribution in [3.63, 3.8) is 0 Å². The molecule has 0 bridgehead atoms. The van der Waals surface area contributed by atoms with Crippen LogP contribution in [0.25, 0.3) is 25.9 Å². The number of ether oxygens (including phenoxy) is 1. The molecule has 10 heteroatoms. The molecule has 9 nitrogen and oxygen atoms in total. The molecular formula is C33H29N3O6S. The molecule has 3 heterocycles. The van der Waals surface area contributed by atoms with Gasteiger partial charge in [-0.3, -0.25) is 19.3 Å². The average Bonchev–Trinajstić information content (AvgIpc) is 3.40. The van der Waals surface area contributed by atoms with Crippen LogP contribution in [0.3, 0.4) is 0 Å². The second-order valence-electron chi connectivity index (χ2n) is 11.2. The fourth-order valence-electron chi connectivity index (χ4n) is 6.90. The molecule has 1 aliphatic carbocycles. The predicted octanol–water partition coefficient (Wildman–Crippen LogP) is 6.97. The predicted molar refractivity (Wildman–Crippen MR) is 168 cm³/mol. The van der Waals surface area contributed by atoms with Gasteiger partial charge in [0.15, 0.2) is 0 Å². The van der Waals surface area contributed by atoms with E-state index in [2.05, 4.69) is 4.90 Å². The number of hydrogen-bond donors (Lipinski definition) is 1. The van der Waals surface area contributed by atoms with Gasteiger partial charge in [-0.05, 0) is 80.0 Å². The topological polar surface area (TPSA) is 114 Å². The number of pyridine rings is 1. The first-order valence-corrected chi connectivity index (χ1v) is 15.2. The molecule has 7 rings (SSSR count). The summed E-state index contributed by atoms with van der Waals surface area (Å²) >= 11 is 1.23.